The van der Waals surface area contributed by atoms with Crippen LogP contribution in [0.4, 0.5) is 13.2 Å². The van der Waals surface area contributed by atoms with Gasteiger partial charge in [0, 0.05) is 19.4 Å². The molecule has 2 heterocycles. The first-order valence-electron chi connectivity index (χ1n) is 7.00. The monoisotopic (exact) mass is 295 g/mol. The minimum absolute atomic E-state index is 0.465. The number of halogens is 3. The maximum absolute atomic E-state index is 12.5. The van der Waals surface area contributed by atoms with E-state index in [1.54, 1.807) is 0 Å². The molecular weight excluding hydrogens is 279 g/mol. The first kappa shape index (κ1) is 14.1. The molecule has 1 aromatic heterocycles. The highest BCUT2D eigenvalue weighted by Gasteiger charge is 2.30. The van der Waals surface area contributed by atoms with Crippen molar-refractivity contribution >= 4 is 0 Å². The molecule has 1 atom stereocenters. The number of rotatable bonds is 2. The highest BCUT2D eigenvalue weighted by molar-refractivity contribution is 5.26. The standard InChI is InChI=1S/C15H16F3N3/c1-10-6-7-21-14(8-10)19-13(20-21)9-11-2-4-12(5-3-11)15(16,17)18/h2-5,10H,6-9H2,1H3. The van der Waals surface area contributed by atoms with Gasteiger partial charge in [-0.15, -0.1) is 0 Å². The van der Waals surface area contributed by atoms with Gasteiger partial charge in [-0.25, -0.2) is 9.67 Å². The molecule has 1 unspecified atom stereocenters. The first-order valence-corrected chi connectivity index (χ1v) is 7.00. The molecule has 0 saturated heterocycles. The molecule has 0 amide bonds. The lowest BCUT2D eigenvalue weighted by atomic mass is 10.0. The Balaban J connectivity index is 1.75. The van der Waals surface area contributed by atoms with Gasteiger partial charge in [0.15, 0.2) is 5.82 Å². The van der Waals surface area contributed by atoms with Crippen LogP contribution < -0.4 is 0 Å². The molecule has 1 aromatic carbocycles. The Morgan fingerprint density at radius 3 is 2.62 bits per heavy atom. The van der Waals surface area contributed by atoms with Gasteiger partial charge < -0.3 is 0 Å². The van der Waals surface area contributed by atoms with Crippen LogP contribution in [-0.4, -0.2) is 14.8 Å². The third kappa shape index (κ3) is 3.09. The van der Waals surface area contributed by atoms with E-state index in [1.165, 1.54) is 12.1 Å². The summed E-state index contributed by atoms with van der Waals surface area (Å²) < 4.78 is 39.4. The van der Waals surface area contributed by atoms with Crippen molar-refractivity contribution < 1.29 is 13.2 Å². The number of nitrogens with zero attached hydrogens (tertiary/aromatic N) is 3. The predicted octanol–water partition coefficient (Wildman–Crippen LogP) is 3.47. The van der Waals surface area contributed by atoms with Crippen LogP contribution in [0.3, 0.4) is 0 Å². The highest BCUT2D eigenvalue weighted by atomic mass is 19.4. The van der Waals surface area contributed by atoms with E-state index in [9.17, 15) is 13.2 Å². The van der Waals surface area contributed by atoms with E-state index in [0.29, 0.717) is 18.2 Å². The minimum Gasteiger partial charge on any atom is -0.250 e. The molecule has 3 rings (SSSR count). The van der Waals surface area contributed by atoms with E-state index in [0.717, 1.165) is 42.9 Å². The van der Waals surface area contributed by atoms with Crippen LogP contribution in [-0.2, 0) is 25.6 Å². The van der Waals surface area contributed by atoms with Gasteiger partial charge in [-0.1, -0.05) is 19.1 Å². The molecule has 1 aliphatic heterocycles. The van der Waals surface area contributed by atoms with Crippen molar-refractivity contribution in [1.82, 2.24) is 14.8 Å². The molecular formula is C15H16F3N3. The second-order valence-electron chi connectivity index (χ2n) is 5.64. The van der Waals surface area contributed by atoms with Gasteiger partial charge in [0.05, 0.1) is 5.56 Å². The van der Waals surface area contributed by atoms with Crippen LogP contribution >= 0.6 is 0 Å². The van der Waals surface area contributed by atoms with Crippen LogP contribution in [0.25, 0.3) is 0 Å². The summed E-state index contributed by atoms with van der Waals surface area (Å²) >= 11 is 0. The maximum Gasteiger partial charge on any atom is 0.416 e. The van der Waals surface area contributed by atoms with Gasteiger partial charge in [-0.3, -0.25) is 0 Å². The van der Waals surface area contributed by atoms with E-state index in [2.05, 4.69) is 17.0 Å². The Bertz CT molecular complexity index is 629. The van der Waals surface area contributed by atoms with E-state index in [4.69, 9.17) is 0 Å². The molecule has 0 spiro atoms. The molecule has 0 radical (unpaired) electrons. The number of aryl methyl sites for hydroxylation is 1. The Morgan fingerprint density at radius 1 is 1.24 bits per heavy atom. The van der Waals surface area contributed by atoms with Gasteiger partial charge in [0.25, 0.3) is 0 Å². The van der Waals surface area contributed by atoms with Crippen molar-refractivity contribution in [2.24, 2.45) is 5.92 Å². The SMILES string of the molecule is CC1CCn2nc(Cc3ccc(C(F)(F)F)cc3)nc2C1. The molecule has 2 aromatic rings. The fraction of sp³-hybridized carbons (Fsp3) is 0.467. The zero-order valence-corrected chi connectivity index (χ0v) is 11.7. The fourth-order valence-electron chi connectivity index (χ4n) is 2.58. The average molecular weight is 295 g/mol. The van der Waals surface area contributed by atoms with Crippen molar-refractivity contribution in [3.63, 3.8) is 0 Å². The van der Waals surface area contributed by atoms with Crippen LogP contribution in [0.2, 0.25) is 0 Å². The summed E-state index contributed by atoms with van der Waals surface area (Å²) in [5.74, 6) is 2.27. The Labute approximate surface area is 120 Å². The molecule has 112 valence electrons. The van der Waals surface area contributed by atoms with Gasteiger partial charge in [-0.2, -0.15) is 18.3 Å². The number of benzene rings is 1. The molecule has 1 aliphatic rings. The van der Waals surface area contributed by atoms with Crippen molar-refractivity contribution in [1.29, 1.82) is 0 Å². The van der Waals surface area contributed by atoms with Gasteiger partial charge in [0.1, 0.15) is 5.82 Å². The predicted molar refractivity (Wildman–Crippen MR) is 71.8 cm³/mol. The van der Waals surface area contributed by atoms with Crippen molar-refractivity contribution in [3.8, 4) is 0 Å². The molecule has 0 aliphatic carbocycles. The average Bonchev–Trinajstić information content (AvgIpc) is 2.79. The highest BCUT2D eigenvalue weighted by Crippen LogP contribution is 2.29. The van der Waals surface area contributed by atoms with Gasteiger partial charge >= 0.3 is 6.18 Å². The summed E-state index contributed by atoms with van der Waals surface area (Å²) in [6.45, 7) is 3.06. The smallest absolute Gasteiger partial charge is 0.250 e. The number of alkyl halides is 3. The lowest BCUT2D eigenvalue weighted by Crippen LogP contribution is -2.18. The maximum atomic E-state index is 12.5. The normalized spacial score (nSPS) is 18.6. The Hall–Kier alpha value is -1.85. The number of hydrogen-bond acceptors (Lipinski definition) is 2. The van der Waals surface area contributed by atoms with Gasteiger partial charge in [0.2, 0.25) is 0 Å². The lowest BCUT2D eigenvalue weighted by molar-refractivity contribution is -0.137. The second-order valence-corrected chi connectivity index (χ2v) is 5.64. The van der Waals surface area contributed by atoms with Crippen molar-refractivity contribution in [2.45, 2.75) is 38.9 Å². The zero-order valence-electron chi connectivity index (χ0n) is 11.7. The Morgan fingerprint density at radius 2 is 1.95 bits per heavy atom. The molecule has 0 fully saturated rings. The van der Waals surface area contributed by atoms with Crippen LogP contribution in [0.1, 0.15) is 36.1 Å². The number of aromatic nitrogens is 3. The molecule has 0 N–H and O–H groups in total. The van der Waals surface area contributed by atoms with Crippen LogP contribution in [0, 0.1) is 5.92 Å². The van der Waals surface area contributed by atoms with E-state index < -0.39 is 11.7 Å². The summed E-state index contributed by atoms with van der Waals surface area (Å²) in [5, 5.41) is 4.44. The number of hydrogen-bond donors (Lipinski definition) is 0. The van der Waals surface area contributed by atoms with E-state index in [-0.39, 0.29) is 0 Å². The summed E-state index contributed by atoms with van der Waals surface area (Å²) in [5.41, 5.74) is 0.163. The third-order valence-electron chi connectivity index (χ3n) is 3.80. The summed E-state index contributed by atoms with van der Waals surface area (Å²) in [6.07, 6.45) is -1.82. The first-order chi connectivity index (χ1) is 9.91. The van der Waals surface area contributed by atoms with Crippen LogP contribution in [0.5, 0.6) is 0 Å². The largest absolute Gasteiger partial charge is 0.416 e. The minimum atomic E-state index is -4.29. The van der Waals surface area contributed by atoms with Crippen molar-refractivity contribution in [2.75, 3.05) is 0 Å². The van der Waals surface area contributed by atoms with Crippen molar-refractivity contribution in [3.05, 3.63) is 47.0 Å². The fourth-order valence-corrected chi connectivity index (χ4v) is 2.58. The topological polar surface area (TPSA) is 30.7 Å². The lowest BCUT2D eigenvalue weighted by Gasteiger charge is -2.17. The van der Waals surface area contributed by atoms with E-state index in [1.807, 2.05) is 4.68 Å². The molecule has 0 bridgehead atoms. The van der Waals surface area contributed by atoms with Gasteiger partial charge in [-0.05, 0) is 30.0 Å². The number of fused-ring (bicyclic) bond motifs is 1. The zero-order chi connectivity index (χ0) is 15.0. The summed E-state index contributed by atoms with van der Waals surface area (Å²) in [6, 6.07) is 5.19. The quantitative estimate of drug-likeness (QED) is 0.849. The van der Waals surface area contributed by atoms with Crippen LogP contribution in [0.15, 0.2) is 24.3 Å². The molecule has 6 heteroatoms. The second kappa shape index (κ2) is 5.16. The third-order valence-corrected chi connectivity index (χ3v) is 3.80. The molecule has 21 heavy (non-hydrogen) atoms. The molecule has 0 saturated carbocycles. The summed E-state index contributed by atoms with van der Waals surface area (Å²) in [7, 11) is 0. The molecule has 3 nitrogen and oxygen atoms in total. The van der Waals surface area contributed by atoms with E-state index >= 15 is 0 Å². The summed E-state index contributed by atoms with van der Waals surface area (Å²) in [4.78, 5) is 4.50. The Kier molecular flexibility index (Phi) is 3.47.